The van der Waals surface area contributed by atoms with E-state index >= 15 is 0 Å². The van der Waals surface area contributed by atoms with Crippen LogP contribution in [-0.2, 0) is 0 Å². The third kappa shape index (κ3) is 5.75. The number of nitrogens with one attached hydrogen (secondary N) is 2. The van der Waals surface area contributed by atoms with E-state index in [1.165, 1.54) is 12.1 Å². The highest BCUT2D eigenvalue weighted by Gasteiger charge is 2.26. The molecule has 3 aromatic heterocycles. The van der Waals surface area contributed by atoms with Crippen molar-refractivity contribution in [2.75, 3.05) is 42.5 Å². The molecule has 11 heteroatoms. The minimum Gasteiger partial charge on any atom is -0.397 e. The zero-order chi connectivity index (χ0) is 25.9. The average molecular weight is 524 g/mol. The van der Waals surface area contributed by atoms with Crippen LogP contribution in [0.5, 0.6) is 0 Å². The maximum Gasteiger partial charge on any atom is 0.226 e. The van der Waals surface area contributed by atoms with E-state index in [1.807, 2.05) is 12.1 Å². The number of hydrogen-bond donors (Lipinski definition) is 3. The second-order valence-corrected chi connectivity index (χ2v) is 9.97. The highest BCUT2D eigenvalue weighted by atomic mass is 35.5. The topological polar surface area (TPSA) is 109 Å². The number of nitrogen functional groups attached to an aromatic ring is 1. The highest BCUT2D eigenvalue weighted by molar-refractivity contribution is 6.33. The van der Waals surface area contributed by atoms with Crippen LogP contribution in [0, 0.1) is 5.82 Å². The van der Waals surface area contributed by atoms with Crippen LogP contribution in [0.2, 0.25) is 5.02 Å². The van der Waals surface area contributed by atoms with E-state index in [0.717, 1.165) is 37.6 Å². The Labute approximate surface area is 220 Å². The minimum absolute atomic E-state index is 0.291. The summed E-state index contributed by atoms with van der Waals surface area (Å²) in [5.41, 5.74) is 8.22. The largest absolute Gasteiger partial charge is 0.397 e. The van der Waals surface area contributed by atoms with Gasteiger partial charge in [0.15, 0.2) is 11.5 Å². The molecule has 1 aliphatic heterocycles. The summed E-state index contributed by atoms with van der Waals surface area (Å²) in [4.78, 5) is 16.4. The van der Waals surface area contributed by atoms with Gasteiger partial charge in [-0.25, -0.2) is 19.3 Å². The average Bonchev–Trinajstić information content (AvgIpc) is 3.32. The molecule has 4 N–H and O–H groups in total. The first-order valence-corrected chi connectivity index (χ1v) is 12.9. The van der Waals surface area contributed by atoms with Gasteiger partial charge in [0.25, 0.3) is 0 Å². The first kappa shape index (κ1) is 25.2. The Hall–Kier alpha value is -3.50. The van der Waals surface area contributed by atoms with Gasteiger partial charge in [0.05, 0.1) is 22.6 Å². The zero-order valence-corrected chi connectivity index (χ0v) is 21.7. The minimum atomic E-state index is -0.395. The van der Waals surface area contributed by atoms with Crippen molar-refractivity contribution in [2.24, 2.45) is 0 Å². The molecule has 0 bridgehead atoms. The Morgan fingerprint density at radius 2 is 1.86 bits per heavy atom. The standard InChI is InChI=1S/C26H31ClFN9/c1-16(2)36-11-7-17(8-12-36)25-34-24-14-22(20-5-3-18(28)13-21(20)27)33-26(37(24)35-25)31-10-9-30-23-6-4-19(29)15-32-23/h3-6,13-17H,7-12,29H2,1-2H3,(H,30,32)(H,31,33). The second-order valence-electron chi connectivity index (χ2n) is 9.56. The van der Waals surface area contributed by atoms with Crippen LogP contribution in [0.3, 0.4) is 0 Å². The molecule has 1 fully saturated rings. The van der Waals surface area contributed by atoms with Gasteiger partial charge in [-0.1, -0.05) is 11.6 Å². The van der Waals surface area contributed by atoms with Gasteiger partial charge in [-0.2, -0.15) is 4.52 Å². The number of benzene rings is 1. The van der Waals surface area contributed by atoms with E-state index in [-0.39, 0.29) is 0 Å². The molecule has 194 valence electrons. The molecule has 5 rings (SSSR count). The van der Waals surface area contributed by atoms with Crippen molar-refractivity contribution in [3.63, 3.8) is 0 Å². The maximum atomic E-state index is 13.7. The van der Waals surface area contributed by atoms with Crippen molar-refractivity contribution < 1.29 is 4.39 Å². The highest BCUT2D eigenvalue weighted by Crippen LogP contribution is 2.31. The van der Waals surface area contributed by atoms with Gasteiger partial charge in [-0.15, -0.1) is 5.10 Å². The van der Waals surface area contributed by atoms with E-state index in [4.69, 9.17) is 32.4 Å². The molecule has 1 saturated heterocycles. The van der Waals surface area contributed by atoms with Crippen molar-refractivity contribution in [3.05, 3.63) is 59.3 Å². The van der Waals surface area contributed by atoms with Gasteiger partial charge in [0.1, 0.15) is 11.6 Å². The first-order valence-electron chi connectivity index (χ1n) is 12.5. The molecule has 0 saturated carbocycles. The third-order valence-corrected chi connectivity index (χ3v) is 6.99. The Balaban J connectivity index is 1.40. The van der Waals surface area contributed by atoms with Gasteiger partial charge < -0.3 is 21.3 Å². The van der Waals surface area contributed by atoms with Gasteiger partial charge >= 0.3 is 0 Å². The van der Waals surface area contributed by atoms with Crippen molar-refractivity contribution in [3.8, 4) is 11.3 Å². The first-order chi connectivity index (χ1) is 17.9. The van der Waals surface area contributed by atoms with Crippen LogP contribution in [-0.4, -0.2) is 61.7 Å². The smallest absolute Gasteiger partial charge is 0.226 e. The zero-order valence-electron chi connectivity index (χ0n) is 21.0. The van der Waals surface area contributed by atoms with Gasteiger partial charge in [0, 0.05) is 36.7 Å². The summed E-state index contributed by atoms with van der Waals surface area (Å²) in [6, 6.07) is 10.3. The maximum absolute atomic E-state index is 13.7. The summed E-state index contributed by atoms with van der Waals surface area (Å²) in [6.07, 6.45) is 3.64. The Bertz CT molecular complexity index is 1360. The normalized spacial score (nSPS) is 14.9. The van der Waals surface area contributed by atoms with Crippen LogP contribution < -0.4 is 16.4 Å². The van der Waals surface area contributed by atoms with Crippen molar-refractivity contribution in [1.82, 2.24) is 29.5 Å². The lowest BCUT2D eigenvalue weighted by Crippen LogP contribution is -2.38. The summed E-state index contributed by atoms with van der Waals surface area (Å²) in [6.45, 7) is 7.67. The summed E-state index contributed by atoms with van der Waals surface area (Å²) in [5, 5.41) is 11.7. The number of piperidine rings is 1. The number of likely N-dealkylation sites (tertiary alicyclic amines) is 1. The number of pyridine rings is 1. The van der Waals surface area contributed by atoms with Gasteiger partial charge in [0.2, 0.25) is 5.95 Å². The number of fused-ring (bicyclic) bond motifs is 1. The van der Waals surface area contributed by atoms with Crippen LogP contribution in [0.1, 0.15) is 38.4 Å². The molecule has 0 radical (unpaired) electrons. The monoisotopic (exact) mass is 523 g/mol. The third-order valence-electron chi connectivity index (χ3n) is 6.67. The molecular formula is C26H31ClFN9. The van der Waals surface area contributed by atoms with Crippen LogP contribution in [0.4, 0.5) is 21.8 Å². The lowest BCUT2D eigenvalue weighted by Gasteiger charge is -2.33. The fourth-order valence-electron chi connectivity index (χ4n) is 4.58. The van der Waals surface area contributed by atoms with Gasteiger partial charge in [-0.3, -0.25) is 0 Å². The molecule has 37 heavy (non-hydrogen) atoms. The van der Waals surface area contributed by atoms with Crippen molar-refractivity contribution in [2.45, 2.75) is 38.6 Å². The van der Waals surface area contributed by atoms with E-state index in [1.54, 1.807) is 22.8 Å². The molecule has 1 aromatic carbocycles. The van der Waals surface area contributed by atoms with Crippen LogP contribution in [0.25, 0.3) is 16.9 Å². The Morgan fingerprint density at radius 3 is 2.57 bits per heavy atom. The number of aromatic nitrogens is 5. The molecule has 1 aliphatic rings. The fourth-order valence-corrected chi connectivity index (χ4v) is 4.84. The Morgan fingerprint density at radius 1 is 1.08 bits per heavy atom. The van der Waals surface area contributed by atoms with Crippen molar-refractivity contribution in [1.29, 1.82) is 0 Å². The predicted octanol–water partition coefficient (Wildman–Crippen LogP) is 4.67. The van der Waals surface area contributed by atoms with Gasteiger partial charge in [-0.05, 0) is 70.1 Å². The lowest BCUT2D eigenvalue weighted by atomic mass is 9.95. The molecule has 0 amide bonds. The molecular weight excluding hydrogens is 493 g/mol. The summed E-state index contributed by atoms with van der Waals surface area (Å²) in [7, 11) is 0. The van der Waals surface area contributed by atoms with Crippen molar-refractivity contribution >= 4 is 34.7 Å². The molecule has 4 aromatic rings. The summed E-state index contributed by atoms with van der Waals surface area (Å²) < 4.78 is 15.4. The van der Waals surface area contributed by atoms with Crippen LogP contribution in [0.15, 0.2) is 42.6 Å². The molecule has 0 unspecified atom stereocenters. The molecule has 0 aliphatic carbocycles. The number of rotatable bonds is 8. The quantitative estimate of drug-likeness (QED) is 0.286. The van der Waals surface area contributed by atoms with E-state index in [9.17, 15) is 4.39 Å². The molecule has 0 atom stereocenters. The van der Waals surface area contributed by atoms with E-state index < -0.39 is 5.82 Å². The predicted molar refractivity (Wildman–Crippen MR) is 145 cm³/mol. The SMILES string of the molecule is CC(C)N1CCC(c2nc3cc(-c4ccc(F)cc4Cl)nc(NCCNc4ccc(N)cn4)n3n2)CC1. The Kier molecular flexibility index (Phi) is 7.38. The summed E-state index contributed by atoms with van der Waals surface area (Å²) in [5.74, 6) is 1.99. The molecule has 0 spiro atoms. The van der Waals surface area contributed by atoms with Crippen LogP contribution >= 0.6 is 11.6 Å². The fraction of sp³-hybridized carbons (Fsp3) is 0.385. The second kappa shape index (κ2) is 10.9. The van der Waals surface area contributed by atoms with E-state index in [2.05, 4.69) is 34.4 Å². The summed E-state index contributed by atoms with van der Waals surface area (Å²) >= 11 is 6.37. The lowest BCUT2D eigenvalue weighted by molar-refractivity contribution is 0.169. The number of halogens is 2. The number of anilines is 3. The van der Waals surface area contributed by atoms with E-state index in [0.29, 0.717) is 58.6 Å². The molecule has 4 heterocycles. The number of nitrogens with zero attached hydrogens (tertiary/aromatic N) is 6. The molecule has 9 nitrogen and oxygen atoms in total. The number of nitrogens with two attached hydrogens (primary N) is 1. The number of hydrogen-bond acceptors (Lipinski definition) is 8.